The zero-order valence-corrected chi connectivity index (χ0v) is 18.3. The Labute approximate surface area is 171 Å². The van der Waals surface area contributed by atoms with Gasteiger partial charge in [0.25, 0.3) is 0 Å². The van der Waals surface area contributed by atoms with Crippen molar-refractivity contribution in [1.29, 1.82) is 0 Å². The molecule has 0 amide bonds. The number of quaternary nitrogens is 1. The van der Waals surface area contributed by atoms with Gasteiger partial charge in [0.05, 0.1) is 31.1 Å². The lowest BCUT2D eigenvalue weighted by molar-refractivity contribution is -0.926. The number of benzene rings is 1. The lowest BCUT2D eigenvalue weighted by atomic mass is 10.2. The molecule has 3 rings (SSSR count). The molecule has 1 aliphatic heterocycles. The fraction of sp³-hybridized carbons (Fsp3) is 0.474. The molecule has 1 aromatic carbocycles. The van der Waals surface area contributed by atoms with Crippen LogP contribution in [0.1, 0.15) is 17.0 Å². The molecule has 7 nitrogen and oxygen atoms in total. The van der Waals surface area contributed by atoms with E-state index in [0.717, 1.165) is 30.0 Å². The first-order chi connectivity index (χ1) is 13.2. The molecule has 0 aliphatic carbocycles. The topological polar surface area (TPSA) is 64.6 Å². The predicted octanol–water partition coefficient (Wildman–Crippen LogP) is 1.07. The third-order valence-electron chi connectivity index (χ3n) is 5.18. The van der Waals surface area contributed by atoms with Gasteiger partial charge in [-0.05, 0) is 50.2 Å². The molecule has 152 valence electrons. The highest BCUT2D eigenvalue weighted by atomic mass is 32.2. The van der Waals surface area contributed by atoms with Crippen LogP contribution in [-0.2, 0) is 23.2 Å². The third-order valence-corrected chi connectivity index (χ3v) is 7.66. The number of hydrogen-bond donors (Lipinski definition) is 1. The molecule has 2 heterocycles. The lowest BCUT2D eigenvalue weighted by Gasteiger charge is -2.31. The molecule has 0 bridgehead atoms. The summed E-state index contributed by atoms with van der Waals surface area (Å²) in [5.74, 6) is 0.862. The Hall–Kier alpha value is -1.81. The average molecular weight is 423 g/mol. The fourth-order valence-corrected chi connectivity index (χ4v) is 5.59. The Kier molecular flexibility index (Phi) is 6.18. The van der Waals surface area contributed by atoms with Crippen molar-refractivity contribution in [2.24, 2.45) is 0 Å². The van der Waals surface area contributed by atoms with E-state index in [9.17, 15) is 8.42 Å². The van der Waals surface area contributed by atoms with Gasteiger partial charge >= 0.3 is 0 Å². The summed E-state index contributed by atoms with van der Waals surface area (Å²) >= 11 is 5.52. The van der Waals surface area contributed by atoms with Crippen LogP contribution in [-0.4, -0.2) is 53.2 Å². The van der Waals surface area contributed by atoms with Crippen LogP contribution in [0.4, 0.5) is 0 Å². The van der Waals surface area contributed by atoms with Gasteiger partial charge in [0.15, 0.2) is 6.67 Å². The van der Waals surface area contributed by atoms with Crippen LogP contribution in [0.15, 0.2) is 35.7 Å². The van der Waals surface area contributed by atoms with Crippen LogP contribution in [0.2, 0.25) is 0 Å². The molecular weight excluding hydrogens is 394 g/mol. The number of nitrogens with one attached hydrogen (secondary N) is 1. The van der Waals surface area contributed by atoms with Crippen molar-refractivity contribution in [2.75, 3.05) is 26.2 Å². The van der Waals surface area contributed by atoms with Gasteiger partial charge in [0.1, 0.15) is 5.82 Å². The first-order valence-electron chi connectivity index (χ1n) is 9.40. The van der Waals surface area contributed by atoms with Crippen LogP contribution in [0.25, 0.3) is 0 Å². The zero-order chi connectivity index (χ0) is 20.5. The molecule has 1 aliphatic rings. The molecule has 1 N–H and O–H groups in total. The second-order valence-electron chi connectivity index (χ2n) is 7.31. The molecule has 0 unspecified atom stereocenters. The first kappa shape index (κ1) is 20.9. The molecule has 0 spiro atoms. The van der Waals surface area contributed by atoms with E-state index >= 15 is 0 Å². The van der Waals surface area contributed by atoms with Gasteiger partial charge in [0, 0.05) is 6.54 Å². The van der Waals surface area contributed by atoms with Crippen LogP contribution in [0, 0.1) is 25.5 Å². The number of aromatic nitrogens is 3. The van der Waals surface area contributed by atoms with Gasteiger partial charge in [-0.1, -0.05) is 18.2 Å². The number of piperazine rings is 1. The molecule has 1 aromatic heterocycles. The summed E-state index contributed by atoms with van der Waals surface area (Å²) in [6, 6.07) is 5.57. The lowest BCUT2D eigenvalue weighted by Crippen LogP contribution is -3.14. The molecule has 2 aromatic rings. The van der Waals surface area contributed by atoms with E-state index in [0.29, 0.717) is 36.0 Å². The molecule has 0 atom stereocenters. The third kappa shape index (κ3) is 4.12. The van der Waals surface area contributed by atoms with Crippen molar-refractivity contribution in [3.8, 4) is 0 Å². The Morgan fingerprint density at radius 1 is 1.25 bits per heavy atom. The number of hydrogen-bond acceptors (Lipinski definition) is 4. The molecule has 0 radical (unpaired) electrons. The van der Waals surface area contributed by atoms with Crippen molar-refractivity contribution in [2.45, 2.75) is 38.9 Å². The van der Waals surface area contributed by atoms with Crippen LogP contribution in [0.3, 0.4) is 0 Å². The van der Waals surface area contributed by atoms with E-state index in [1.807, 2.05) is 42.2 Å². The second kappa shape index (κ2) is 8.28. The highest BCUT2D eigenvalue weighted by Crippen LogP contribution is 2.21. The van der Waals surface area contributed by atoms with Crippen molar-refractivity contribution in [1.82, 2.24) is 18.7 Å². The van der Waals surface area contributed by atoms with Crippen LogP contribution < -0.4 is 4.90 Å². The van der Waals surface area contributed by atoms with Gasteiger partial charge in [-0.3, -0.25) is 0 Å². The minimum atomic E-state index is -3.47. The largest absolute Gasteiger partial charge is 0.314 e. The Morgan fingerprint density at radius 3 is 2.57 bits per heavy atom. The van der Waals surface area contributed by atoms with E-state index in [1.54, 1.807) is 16.4 Å². The normalized spacial score (nSPS) is 16.4. The van der Waals surface area contributed by atoms with E-state index in [2.05, 4.69) is 11.7 Å². The maximum atomic E-state index is 13.1. The van der Waals surface area contributed by atoms with E-state index < -0.39 is 10.0 Å². The minimum Gasteiger partial charge on any atom is -0.314 e. The molecular formula is C19H28N5O2S2+. The highest BCUT2D eigenvalue weighted by Gasteiger charge is 2.31. The van der Waals surface area contributed by atoms with E-state index in [4.69, 9.17) is 12.2 Å². The number of aryl methyl sites for hydroxylation is 3. The van der Waals surface area contributed by atoms with Crippen molar-refractivity contribution < 1.29 is 13.3 Å². The predicted molar refractivity (Wildman–Crippen MR) is 111 cm³/mol. The van der Waals surface area contributed by atoms with Crippen molar-refractivity contribution >= 4 is 22.2 Å². The van der Waals surface area contributed by atoms with Crippen LogP contribution in [0.5, 0.6) is 0 Å². The maximum absolute atomic E-state index is 13.1. The number of sulfonamides is 1. The standard InChI is InChI=1S/C19H27N5O2S2/c1-5-8-23-17(4)20-24(19(23)27)14-21-9-11-22(12-10-21)28(25,26)18-13-15(2)6-7-16(18)3/h5-7,13H,1,8-12,14H2,2-4H3/p+1. The Morgan fingerprint density at radius 2 is 1.93 bits per heavy atom. The number of rotatable bonds is 6. The Bertz CT molecular complexity index is 1030. The SMILES string of the molecule is C=CCn1c(C)nn(C[NH+]2CCN(S(=O)(=O)c3cc(C)ccc3C)CC2)c1=S. The quantitative estimate of drug-likeness (QED) is 0.559. The smallest absolute Gasteiger partial charge is 0.243 e. The Balaban J connectivity index is 1.69. The number of nitrogens with zero attached hydrogens (tertiary/aromatic N) is 4. The fourth-order valence-electron chi connectivity index (χ4n) is 3.53. The first-order valence-corrected chi connectivity index (χ1v) is 11.2. The molecule has 9 heteroatoms. The highest BCUT2D eigenvalue weighted by molar-refractivity contribution is 7.89. The molecule has 0 saturated carbocycles. The van der Waals surface area contributed by atoms with Crippen molar-refractivity contribution in [3.63, 3.8) is 0 Å². The molecule has 1 fully saturated rings. The summed E-state index contributed by atoms with van der Waals surface area (Å²) in [7, 11) is -3.47. The summed E-state index contributed by atoms with van der Waals surface area (Å²) < 4.78 is 32.2. The maximum Gasteiger partial charge on any atom is 0.243 e. The monoisotopic (exact) mass is 422 g/mol. The van der Waals surface area contributed by atoms with Crippen molar-refractivity contribution in [3.05, 3.63) is 52.6 Å². The summed E-state index contributed by atoms with van der Waals surface area (Å²) in [5, 5.41) is 4.53. The average Bonchev–Trinajstić information content (AvgIpc) is 2.92. The summed E-state index contributed by atoms with van der Waals surface area (Å²) in [6.07, 6.45) is 1.80. The molecule has 28 heavy (non-hydrogen) atoms. The van der Waals surface area contributed by atoms with E-state index in [1.165, 1.54) is 4.90 Å². The minimum absolute atomic E-state index is 0.414. The summed E-state index contributed by atoms with van der Waals surface area (Å²) in [6.45, 7) is 13.2. The van der Waals surface area contributed by atoms with Gasteiger partial charge in [0.2, 0.25) is 14.8 Å². The van der Waals surface area contributed by atoms with Gasteiger partial charge in [-0.15, -0.1) is 6.58 Å². The van der Waals surface area contributed by atoms with Gasteiger partial charge in [-0.2, -0.15) is 14.1 Å². The summed E-state index contributed by atoms with van der Waals surface area (Å²) in [4.78, 5) is 1.68. The zero-order valence-electron chi connectivity index (χ0n) is 16.7. The van der Waals surface area contributed by atoms with Crippen LogP contribution >= 0.6 is 12.2 Å². The molecule has 1 saturated heterocycles. The van der Waals surface area contributed by atoms with Gasteiger partial charge < -0.3 is 9.47 Å². The van der Waals surface area contributed by atoms with Gasteiger partial charge in [-0.25, -0.2) is 8.42 Å². The summed E-state index contributed by atoms with van der Waals surface area (Å²) in [5.41, 5.74) is 1.74. The number of allylic oxidation sites excluding steroid dienone is 1. The van der Waals surface area contributed by atoms with E-state index in [-0.39, 0.29) is 0 Å². The second-order valence-corrected chi connectivity index (χ2v) is 9.58.